The molecule has 5 unspecified atom stereocenters. The molecule has 0 radical (unpaired) electrons. The number of hydrogen-bond acceptors (Lipinski definition) is 4. The summed E-state index contributed by atoms with van der Waals surface area (Å²) in [6.07, 6.45) is 0. The molecule has 5 nitrogen and oxygen atoms in total. The van der Waals surface area contributed by atoms with Gasteiger partial charge in [0.05, 0.1) is 22.9 Å². The number of thiophene rings is 1. The normalized spacial score (nSPS) is 21.4. The molecular formula is C32H29ClN2O3S. The van der Waals surface area contributed by atoms with Crippen LogP contribution in [0.2, 0.25) is 5.02 Å². The zero-order chi connectivity index (χ0) is 27.5. The molecule has 2 amide bonds. The lowest BCUT2D eigenvalue weighted by Crippen LogP contribution is -2.48. The van der Waals surface area contributed by atoms with E-state index in [-0.39, 0.29) is 23.6 Å². The first-order valence-electron chi connectivity index (χ1n) is 12.9. The van der Waals surface area contributed by atoms with Crippen LogP contribution in [0.5, 0.6) is 0 Å². The lowest BCUT2D eigenvalue weighted by Gasteiger charge is -2.31. The SMILES string of the molecule is CC(=O)N1C(C(=O)NC(C)c2ccccc2)C(c2ccc(Cl)cc2)C(C(=O)c2cccs2)C1c1ccccc1. The van der Waals surface area contributed by atoms with E-state index in [1.807, 2.05) is 91.2 Å². The Bertz CT molecular complexity index is 1440. The number of nitrogens with zero attached hydrogens (tertiary/aromatic N) is 1. The third-order valence-electron chi connectivity index (χ3n) is 7.42. The zero-order valence-corrected chi connectivity index (χ0v) is 23.2. The number of likely N-dealkylation sites (tertiary alicyclic amines) is 1. The lowest BCUT2D eigenvalue weighted by atomic mass is 9.77. The largest absolute Gasteiger partial charge is 0.348 e. The molecule has 1 aromatic heterocycles. The lowest BCUT2D eigenvalue weighted by molar-refractivity contribution is -0.139. The fraction of sp³-hybridized carbons (Fsp3) is 0.219. The maximum atomic E-state index is 14.2. The molecule has 1 aliphatic heterocycles. The van der Waals surface area contributed by atoms with Gasteiger partial charge in [-0.25, -0.2) is 0 Å². The molecule has 7 heteroatoms. The summed E-state index contributed by atoms with van der Waals surface area (Å²) < 4.78 is 0. The Balaban J connectivity index is 1.67. The average Bonchev–Trinajstić information content (AvgIpc) is 3.61. The minimum atomic E-state index is -0.908. The molecule has 0 spiro atoms. The summed E-state index contributed by atoms with van der Waals surface area (Å²) in [5.41, 5.74) is 2.55. The van der Waals surface area contributed by atoms with Crippen molar-refractivity contribution >= 4 is 40.5 Å². The fourth-order valence-electron chi connectivity index (χ4n) is 5.70. The highest BCUT2D eigenvalue weighted by Gasteiger charge is 2.56. The standard InChI is InChI=1S/C32H29ClN2O3S/c1-20(22-10-5-3-6-11-22)34-32(38)30-27(23-15-17-25(33)18-16-23)28(31(37)26-14-9-19-39-26)29(35(30)21(2)36)24-12-7-4-8-13-24/h3-20,27-30H,1-2H3,(H,34,38). The monoisotopic (exact) mass is 556 g/mol. The van der Waals surface area contributed by atoms with Gasteiger partial charge in [-0.2, -0.15) is 0 Å². The van der Waals surface area contributed by atoms with E-state index in [9.17, 15) is 14.4 Å². The molecule has 1 fully saturated rings. The summed E-state index contributed by atoms with van der Waals surface area (Å²) in [7, 11) is 0. The highest BCUT2D eigenvalue weighted by atomic mass is 35.5. The summed E-state index contributed by atoms with van der Waals surface area (Å²) >= 11 is 7.60. The van der Waals surface area contributed by atoms with Crippen molar-refractivity contribution in [1.29, 1.82) is 0 Å². The quantitative estimate of drug-likeness (QED) is 0.254. The summed E-state index contributed by atoms with van der Waals surface area (Å²) in [6, 6.07) is 28.3. The summed E-state index contributed by atoms with van der Waals surface area (Å²) in [5.74, 6) is -1.93. The number of carbonyl (C=O) groups excluding carboxylic acids is 3. The minimum Gasteiger partial charge on any atom is -0.348 e. The van der Waals surface area contributed by atoms with Crippen molar-refractivity contribution < 1.29 is 14.4 Å². The van der Waals surface area contributed by atoms with Crippen LogP contribution in [0.15, 0.2) is 102 Å². The number of rotatable bonds is 7. The predicted molar refractivity (Wildman–Crippen MR) is 155 cm³/mol. The van der Waals surface area contributed by atoms with Crippen molar-refractivity contribution in [2.75, 3.05) is 0 Å². The van der Waals surface area contributed by atoms with Gasteiger partial charge < -0.3 is 10.2 Å². The van der Waals surface area contributed by atoms with Crippen LogP contribution in [0.25, 0.3) is 0 Å². The number of ketones is 1. The second-order valence-electron chi connectivity index (χ2n) is 9.81. The van der Waals surface area contributed by atoms with Gasteiger partial charge in [-0.1, -0.05) is 90.5 Å². The third-order valence-corrected chi connectivity index (χ3v) is 8.56. The van der Waals surface area contributed by atoms with Crippen molar-refractivity contribution in [1.82, 2.24) is 10.2 Å². The van der Waals surface area contributed by atoms with E-state index in [2.05, 4.69) is 5.32 Å². The molecule has 39 heavy (non-hydrogen) atoms. The second kappa shape index (κ2) is 11.6. The smallest absolute Gasteiger partial charge is 0.243 e. The zero-order valence-electron chi connectivity index (χ0n) is 21.7. The number of amides is 2. The Hall–Kier alpha value is -3.74. The van der Waals surface area contributed by atoms with Crippen molar-refractivity contribution in [2.24, 2.45) is 5.92 Å². The first-order valence-corrected chi connectivity index (χ1v) is 14.1. The second-order valence-corrected chi connectivity index (χ2v) is 11.2. The van der Waals surface area contributed by atoms with Gasteiger partial charge in [0.1, 0.15) is 6.04 Å². The molecular weight excluding hydrogens is 528 g/mol. The van der Waals surface area contributed by atoms with Gasteiger partial charge >= 0.3 is 0 Å². The van der Waals surface area contributed by atoms with Crippen LogP contribution in [-0.2, 0) is 9.59 Å². The van der Waals surface area contributed by atoms with Crippen LogP contribution in [0, 0.1) is 5.92 Å². The van der Waals surface area contributed by atoms with E-state index >= 15 is 0 Å². The van der Waals surface area contributed by atoms with Crippen molar-refractivity contribution in [3.8, 4) is 0 Å². The van der Waals surface area contributed by atoms with Gasteiger partial charge in [0, 0.05) is 17.9 Å². The van der Waals surface area contributed by atoms with Gasteiger partial charge in [-0.3, -0.25) is 14.4 Å². The van der Waals surface area contributed by atoms with Crippen molar-refractivity contribution in [3.63, 3.8) is 0 Å². The summed E-state index contributed by atoms with van der Waals surface area (Å²) in [4.78, 5) is 44.0. The molecule has 198 valence electrons. The summed E-state index contributed by atoms with van der Waals surface area (Å²) in [5, 5.41) is 5.55. The number of hydrogen-bond donors (Lipinski definition) is 1. The van der Waals surface area contributed by atoms with Gasteiger partial charge in [0.15, 0.2) is 5.78 Å². The van der Waals surface area contributed by atoms with Crippen molar-refractivity contribution in [2.45, 2.75) is 37.9 Å². The molecule has 2 heterocycles. The van der Waals surface area contributed by atoms with Gasteiger partial charge in [-0.15, -0.1) is 11.3 Å². The molecule has 1 N–H and O–H groups in total. The Morgan fingerprint density at radius 3 is 2.08 bits per heavy atom. The number of Topliss-reactive ketones (excluding diaryl/α,β-unsaturated/α-hetero) is 1. The Kier molecular flexibility index (Phi) is 7.96. The maximum absolute atomic E-state index is 14.2. The Labute approximate surface area is 237 Å². The summed E-state index contributed by atoms with van der Waals surface area (Å²) in [6.45, 7) is 3.38. The Morgan fingerprint density at radius 1 is 0.846 bits per heavy atom. The molecule has 0 saturated carbocycles. The van der Waals surface area contributed by atoms with E-state index in [0.29, 0.717) is 9.90 Å². The molecule has 1 saturated heterocycles. The number of halogens is 1. The van der Waals surface area contributed by atoms with E-state index in [0.717, 1.165) is 16.7 Å². The predicted octanol–water partition coefficient (Wildman–Crippen LogP) is 6.83. The fourth-order valence-corrected chi connectivity index (χ4v) is 6.54. The molecule has 5 atom stereocenters. The molecule has 1 aliphatic rings. The third kappa shape index (κ3) is 5.40. The topological polar surface area (TPSA) is 66.5 Å². The number of nitrogens with one attached hydrogen (secondary N) is 1. The number of benzene rings is 3. The minimum absolute atomic E-state index is 0.0866. The maximum Gasteiger partial charge on any atom is 0.243 e. The first-order chi connectivity index (χ1) is 18.9. The molecule has 4 aromatic rings. The van der Waals surface area contributed by atoms with E-state index in [1.165, 1.54) is 18.3 Å². The first kappa shape index (κ1) is 26.9. The van der Waals surface area contributed by atoms with Crippen LogP contribution in [0.1, 0.15) is 58.2 Å². The molecule has 3 aromatic carbocycles. The molecule has 0 bridgehead atoms. The van der Waals surface area contributed by atoms with Gasteiger partial charge in [0.25, 0.3) is 0 Å². The average molecular weight is 557 g/mol. The highest BCUT2D eigenvalue weighted by molar-refractivity contribution is 7.12. The number of carbonyl (C=O) groups is 3. The van der Waals surface area contributed by atoms with Crippen LogP contribution >= 0.6 is 22.9 Å². The Morgan fingerprint density at radius 2 is 1.49 bits per heavy atom. The van der Waals surface area contributed by atoms with E-state index < -0.39 is 23.9 Å². The van der Waals surface area contributed by atoms with Crippen molar-refractivity contribution in [3.05, 3.63) is 129 Å². The van der Waals surface area contributed by atoms with Gasteiger partial charge in [-0.05, 0) is 47.2 Å². The van der Waals surface area contributed by atoms with E-state index in [4.69, 9.17) is 11.6 Å². The molecule has 0 aliphatic carbocycles. The van der Waals surface area contributed by atoms with Gasteiger partial charge in [0.2, 0.25) is 11.8 Å². The highest BCUT2D eigenvalue weighted by Crippen LogP contribution is 2.51. The van der Waals surface area contributed by atoms with Crippen LogP contribution in [0.4, 0.5) is 0 Å². The van der Waals surface area contributed by atoms with E-state index in [1.54, 1.807) is 23.1 Å². The van der Waals surface area contributed by atoms with Crippen LogP contribution in [-0.4, -0.2) is 28.5 Å². The van der Waals surface area contributed by atoms with Crippen LogP contribution < -0.4 is 5.32 Å². The van der Waals surface area contributed by atoms with Crippen LogP contribution in [0.3, 0.4) is 0 Å². The molecule has 5 rings (SSSR count).